The zero-order valence-electron chi connectivity index (χ0n) is 10.2. The highest BCUT2D eigenvalue weighted by Crippen LogP contribution is 2.34. The van der Waals surface area contributed by atoms with E-state index in [0.717, 1.165) is 12.8 Å². The number of carbonyl (C=O) groups is 2. The molecular formula is C12H18O5. The van der Waals surface area contributed by atoms with Crippen molar-refractivity contribution in [2.24, 2.45) is 0 Å². The molecule has 2 bridgehead atoms. The van der Waals surface area contributed by atoms with E-state index in [2.05, 4.69) is 0 Å². The Bertz CT molecular complexity index is 284. The van der Waals surface area contributed by atoms with E-state index in [1.807, 2.05) is 0 Å². The maximum absolute atomic E-state index is 11.0. The van der Waals surface area contributed by atoms with Crippen molar-refractivity contribution in [2.75, 3.05) is 0 Å². The standard InChI is InChI=1S/C12H18O5/c1-7(13)15-9-3-4-10(16-8(2)14)12-6-5-11(9)17-12/h9-12H,3-6H2,1-2H3. The lowest BCUT2D eigenvalue weighted by molar-refractivity contribution is -0.156. The number of rotatable bonds is 2. The molecule has 0 amide bonds. The third-order valence-electron chi connectivity index (χ3n) is 3.29. The third-order valence-corrected chi connectivity index (χ3v) is 3.29. The number of fused-ring (bicyclic) bond motifs is 2. The first-order chi connectivity index (χ1) is 8.06. The Morgan fingerprint density at radius 2 is 1.29 bits per heavy atom. The minimum absolute atomic E-state index is 0.0375. The molecule has 0 aromatic rings. The first-order valence-corrected chi connectivity index (χ1v) is 6.06. The molecule has 0 N–H and O–H groups in total. The van der Waals surface area contributed by atoms with Gasteiger partial charge in [0.2, 0.25) is 0 Å². The molecule has 2 aliphatic heterocycles. The highest BCUT2D eigenvalue weighted by Gasteiger charge is 2.42. The summed E-state index contributed by atoms with van der Waals surface area (Å²) in [5.74, 6) is -0.569. The van der Waals surface area contributed by atoms with E-state index >= 15 is 0 Å². The SMILES string of the molecule is CC(=O)OC1CCC(OC(C)=O)C2CCC1O2. The van der Waals surface area contributed by atoms with Gasteiger partial charge in [0.25, 0.3) is 0 Å². The van der Waals surface area contributed by atoms with E-state index in [1.165, 1.54) is 13.8 Å². The van der Waals surface area contributed by atoms with Crippen LogP contribution in [0.1, 0.15) is 39.5 Å². The van der Waals surface area contributed by atoms with Gasteiger partial charge in [-0.05, 0) is 25.7 Å². The monoisotopic (exact) mass is 242 g/mol. The Balaban J connectivity index is 2.00. The van der Waals surface area contributed by atoms with Gasteiger partial charge in [-0.15, -0.1) is 0 Å². The van der Waals surface area contributed by atoms with Gasteiger partial charge in [-0.3, -0.25) is 9.59 Å². The third kappa shape index (κ3) is 2.97. The van der Waals surface area contributed by atoms with Gasteiger partial charge in [0, 0.05) is 13.8 Å². The van der Waals surface area contributed by atoms with Crippen molar-refractivity contribution in [2.45, 2.75) is 63.9 Å². The van der Waals surface area contributed by atoms with E-state index in [4.69, 9.17) is 14.2 Å². The Kier molecular flexibility index (Phi) is 3.66. The Morgan fingerprint density at radius 3 is 1.65 bits per heavy atom. The Labute approximate surface area is 100 Å². The summed E-state index contributed by atoms with van der Waals surface area (Å²) < 4.78 is 16.3. The van der Waals surface area contributed by atoms with Gasteiger partial charge < -0.3 is 14.2 Å². The average molecular weight is 242 g/mol. The molecule has 5 heteroatoms. The Morgan fingerprint density at radius 1 is 0.882 bits per heavy atom. The lowest BCUT2D eigenvalue weighted by Gasteiger charge is -2.21. The smallest absolute Gasteiger partial charge is 0.302 e. The number of hydrogen-bond acceptors (Lipinski definition) is 5. The van der Waals surface area contributed by atoms with Crippen molar-refractivity contribution in [3.05, 3.63) is 0 Å². The van der Waals surface area contributed by atoms with Crippen LogP contribution in [0, 0.1) is 0 Å². The summed E-state index contributed by atoms with van der Waals surface area (Å²) in [5, 5.41) is 0. The quantitative estimate of drug-likeness (QED) is 0.681. The van der Waals surface area contributed by atoms with Crippen LogP contribution in [0.3, 0.4) is 0 Å². The summed E-state index contributed by atoms with van der Waals surface area (Å²) in [4.78, 5) is 22.0. The summed E-state index contributed by atoms with van der Waals surface area (Å²) in [5.41, 5.74) is 0. The number of carbonyl (C=O) groups excluding carboxylic acids is 2. The van der Waals surface area contributed by atoms with Gasteiger partial charge in [0.1, 0.15) is 12.2 Å². The first kappa shape index (κ1) is 12.4. The number of esters is 2. The lowest BCUT2D eigenvalue weighted by atomic mass is 9.96. The van der Waals surface area contributed by atoms with E-state index in [0.29, 0.717) is 12.8 Å². The van der Waals surface area contributed by atoms with Crippen LogP contribution >= 0.6 is 0 Å². The van der Waals surface area contributed by atoms with Crippen LogP contribution in [-0.2, 0) is 23.8 Å². The van der Waals surface area contributed by atoms with Crippen molar-refractivity contribution < 1.29 is 23.8 Å². The van der Waals surface area contributed by atoms with E-state index in [-0.39, 0.29) is 36.4 Å². The normalized spacial score (nSPS) is 36.1. The maximum atomic E-state index is 11.0. The van der Waals surface area contributed by atoms with Crippen LogP contribution in [-0.4, -0.2) is 36.4 Å². The molecular weight excluding hydrogens is 224 g/mol. The van der Waals surface area contributed by atoms with Crippen molar-refractivity contribution in [1.29, 1.82) is 0 Å². The summed E-state index contributed by atoms with van der Waals surface area (Å²) in [6.07, 6.45) is 2.64. The topological polar surface area (TPSA) is 61.8 Å². The highest BCUT2D eigenvalue weighted by molar-refractivity contribution is 5.66. The predicted octanol–water partition coefficient (Wildman–Crippen LogP) is 1.19. The zero-order valence-corrected chi connectivity index (χ0v) is 10.2. The molecule has 2 rings (SSSR count). The maximum Gasteiger partial charge on any atom is 0.302 e. The largest absolute Gasteiger partial charge is 0.460 e. The van der Waals surface area contributed by atoms with E-state index in [1.54, 1.807) is 0 Å². The zero-order chi connectivity index (χ0) is 12.4. The van der Waals surface area contributed by atoms with Crippen molar-refractivity contribution >= 4 is 11.9 Å². The molecule has 0 aromatic heterocycles. The molecule has 0 saturated carbocycles. The fraction of sp³-hybridized carbons (Fsp3) is 0.833. The molecule has 2 saturated heterocycles. The molecule has 2 heterocycles. The van der Waals surface area contributed by atoms with Crippen LogP contribution < -0.4 is 0 Å². The van der Waals surface area contributed by atoms with Gasteiger partial charge in [0.05, 0.1) is 12.2 Å². The molecule has 4 unspecified atom stereocenters. The van der Waals surface area contributed by atoms with Gasteiger partial charge in [-0.2, -0.15) is 0 Å². The van der Waals surface area contributed by atoms with E-state index in [9.17, 15) is 9.59 Å². The van der Waals surface area contributed by atoms with Crippen LogP contribution in [0.25, 0.3) is 0 Å². The van der Waals surface area contributed by atoms with Crippen LogP contribution in [0.4, 0.5) is 0 Å². The first-order valence-electron chi connectivity index (χ1n) is 6.06. The average Bonchev–Trinajstić information content (AvgIpc) is 2.63. The second-order valence-corrected chi connectivity index (χ2v) is 4.66. The molecule has 0 aromatic carbocycles. The molecule has 0 spiro atoms. The molecule has 0 aliphatic carbocycles. The van der Waals surface area contributed by atoms with Gasteiger partial charge >= 0.3 is 11.9 Å². The number of hydrogen-bond donors (Lipinski definition) is 0. The molecule has 17 heavy (non-hydrogen) atoms. The van der Waals surface area contributed by atoms with Crippen molar-refractivity contribution in [1.82, 2.24) is 0 Å². The van der Waals surface area contributed by atoms with Crippen LogP contribution in [0.15, 0.2) is 0 Å². The summed E-state index contributed by atoms with van der Waals surface area (Å²) in [6.45, 7) is 2.81. The summed E-state index contributed by atoms with van der Waals surface area (Å²) in [6, 6.07) is 0. The second-order valence-electron chi connectivity index (χ2n) is 4.66. The second kappa shape index (κ2) is 5.04. The fourth-order valence-corrected chi connectivity index (χ4v) is 2.63. The Hall–Kier alpha value is -1.10. The molecule has 0 radical (unpaired) electrons. The fourth-order valence-electron chi connectivity index (χ4n) is 2.63. The van der Waals surface area contributed by atoms with E-state index < -0.39 is 0 Å². The minimum Gasteiger partial charge on any atom is -0.460 e. The van der Waals surface area contributed by atoms with Crippen LogP contribution in [0.5, 0.6) is 0 Å². The number of ether oxygens (including phenoxy) is 3. The van der Waals surface area contributed by atoms with Crippen LogP contribution in [0.2, 0.25) is 0 Å². The van der Waals surface area contributed by atoms with Crippen molar-refractivity contribution in [3.63, 3.8) is 0 Å². The minimum atomic E-state index is -0.284. The lowest BCUT2D eigenvalue weighted by Crippen LogP contribution is -2.29. The molecule has 96 valence electrons. The predicted molar refractivity (Wildman–Crippen MR) is 58.2 cm³/mol. The summed E-state index contributed by atoms with van der Waals surface area (Å²) >= 11 is 0. The summed E-state index contributed by atoms with van der Waals surface area (Å²) in [7, 11) is 0. The van der Waals surface area contributed by atoms with Gasteiger partial charge in [-0.25, -0.2) is 0 Å². The molecule has 2 fully saturated rings. The molecule has 5 nitrogen and oxygen atoms in total. The molecule has 4 atom stereocenters. The van der Waals surface area contributed by atoms with Gasteiger partial charge in [-0.1, -0.05) is 0 Å². The van der Waals surface area contributed by atoms with Crippen molar-refractivity contribution in [3.8, 4) is 0 Å². The molecule has 2 aliphatic rings. The highest BCUT2D eigenvalue weighted by atomic mass is 16.6. The van der Waals surface area contributed by atoms with Gasteiger partial charge in [0.15, 0.2) is 0 Å².